The van der Waals surface area contributed by atoms with Gasteiger partial charge in [0.25, 0.3) is 0 Å². The minimum Gasteiger partial charge on any atom is -0.409 e. The van der Waals surface area contributed by atoms with Gasteiger partial charge in [0.05, 0.1) is 0 Å². The molecule has 0 heterocycles. The van der Waals surface area contributed by atoms with E-state index in [1.165, 1.54) is 6.42 Å². The maximum absolute atomic E-state index is 9.09. The van der Waals surface area contributed by atoms with Crippen molar-refractivity contribution in [2.75, 3.05) is 18.1 Å². The van der Waals surface area contributed by atoms with Crippen LogP contribution in [0.2, 0.25) is 0 Å². The molecular formula is C14H20BrN3O2. The summed E-state index contributed by atoms with van der Waals surface area (Å²) in [5.41, 5.74) is 7.45. The standard InChI is InChI=1S/C14H20BrN3O2/c15-10-5-6-12(14(16)17-20)13(9-10)18(7-2-8-19)11-3-1-4-11/h5-6,9,11,19-20H,1-4,7-8H2,(H2,16,17). The average molecular weight is 342 g/mol. The van der Waals surface area contributed by atoms with Crippen molar-refractivity contribution in [3.8, 4) is 0 Å². The molecule has 0 radical (unpaired) electrons. The molecule has 4 N–H and O–H groups in total. The molecular weight excluding hydrogens is 322 g/mol. The van der Waals surface area contributed by atoms with Crippen LogP contribution in [0.3, 0.4) is 0 Å². The minimum atomic E-state index is 0.112. The van der Waals surface area contributed by atoms with Gasteiger partial charge < -0.3 is 20.9 Å². The first-order valence-corrected chi connectivity index (χ1v) is 7.61. The maximum atomic E-state index is 9.09. The van der Waals surface area contributed by atoms with Crippen molar-refractivity contribution in [1.29, 1.82) is 0 Å². The normalized spacial score (nSPS) is 16.0. The van der Waals surface area contributed by atoms with Gasteiger partial charge in [0.2, 0.25) is 0 Å². The lowest BCUT2D eigenvalue weighted by Crippen LogP contribution is -2.42. The van der Waals surface area contributed by atoms with Crippen molar-refractivity contribution in [3.63, 3.8) is 0 Å². The van der Waals surface area contributed by atoms with E-state index in [9.17, 15) is 0 Å². The molecule has 0 bridgehead atoms. The van der Waals surface area contributed by atoms with Crippen LogP contribution in [0.5, 0.6) is 0 Å². The Morgan fingerprint density at radius 1 is 1.45 bits per heavy atom. The van der Waals surface area contributed by atoms with Crippen molar-refractivity contribution in [2.24, 2.45) is 10.9 Å². The number of benzene rings is 1. The molecule has 0 aromatic heterocycles. The summed E-state index contributed by atoms with van der Waals surface area (Å²) in [6, 6.07) is 6.19. The summed E-state index contributed by atoms with van der Waals surface area (Å²) < 4.78 is 0.954. The van der Waals surface area contributed by atoms with Gasteiger partial charge in [-0.1, -0.05) is 21.1 Å². The first kappa shape index (κ1) is 15.1. The second-order valence-corrected chi connectivity index (χ2v) is 5.92. The summed E-state index contributed by atoms with van der Waals surface area (Å²) in [5, 5.41) is 21.1. The van der Waals surface area contributed by atoms with E-state index in [4.69, 9.17) is 16.0 Å². The molecule has 2 rings (SSSR count). The first-order chi connectivity index (χ1) is 9.67. The molecule has 1 aromatic carbocycles. The molecule has 0 saturated heterocycles. The van der Waals surface area contributed by atoms with E-state index < -0.39 is 0 Å². The first-order valence-electron chi connectivity index (χ1n) is 6.82. The Balaban J connectivity index is 2.37. The molecule has 1 aliphatic rings. The summed E-state index contributed by atoms with van der Waals surface area (Å²) in [6.45, 7) is 0.930. The molecule has 1 saturated carbocycles. The van der Waals surface area contributed by atoms with Gasteiger partial charge in [-0.15, -0.1) is 0 Å². The topological polar surface area (TPSA) is 82.1 Å². The van der Waals surface area contributed by atoms with Gasteiger partial charge >= 0.3 is 0 Å². The smallest absolute Gasteiger partial charge is 0.172 e. The van der Waals surface area contributed by atoms with Crippen molar-refractivity contribution < 1.29 is 10.3 Å². The van der Waals surface area contributed by atoms with Crippen LogP contribution in [0.25, 0.3) is 0 Å². The highest BCUT2D eigenvalue weighted by Gasteiger charge is 2.27. The molecule has 1 fully saturated rings. The molecule has 0 spiro atoms. The molecule has 0 unspecified atom stereocenters. The number of aliphatic hydroxyl groups excluding tert-OH is 1. The van der Waals surface area contributed by atoms with Crippen LogP contribution in [0.4, 0.5) is 5.69 Å². The number of nitrogens with zero attached hydrogens (tertiary/aromatic N) is 2. The van der Waals surface area contributed by atoms with Crippen LogP contribution in [0.15, 0.2) is 27.8 Å². The van der Waals surface area contributed by atoms with Crippen LogP contribution in [0.1, 0.15) is 31.2 Å². The highest BCUT2D eigenvalue weighted by molar-refractivity contribution is 9.10. The number of halogens is 1. The Kier molecular flexibility index (Phi) is 5.25. The zero-order chi connectivity index (χ0) is 14.5. The second-order valence-electron chi connectivity index (χ2n) is 5.00. The van der Waals surface area contributed by atoms with E-state index >= 15 is 0 Å². The van der Waals surface area contributed by atoms with Gasteiger partial charge in [-0.25, -0.2) is 0 Å². The zero-order valence-corrected chi connectivity index (χ0v) is 12.9. The van der Waals surface area contributed by atoms with E-state index in [1.54, 1.807) is 0 Å². The van der Waals surface area contributed by atoms with Crippen molar-refractivity contribution in [1.82, 2.24) is 0 Å². The molecule has 6 heteroatoms. The lowest BCUT2D eigenvalue weighted by molar-refractivity contribution is 0.283. The van der Waals surface area contributed by atoms with Crippen LogP contribution in [-0.2, 0) is 0 Å². The van der Waals surface area contributed by atoms with E-state index in [0.717, 1.165) is 35.1 Å². The summed E-state index contributed by atoms with van der Waals surface area (Å²) in [5.74, 6) is 0.112. The molecule has 1 aliphatic carbocycles. The van der Waals surface area contributed by atoms with Gasteiger partial charge in [-0.2, -0.15) is 0 Å². The average Bonchev–Trinajstić information content (AvgIpc) is 2.40. The van der Waals surface area contributed by atoms with E-state index in [-0.39, 0.29) is 12.4 Å². The van der Waals surface area contributed by atoms with E-state index in [2.05, 4.69) is 26.0 Å². The highest BCUT2D eigenvalue weighted by atomic mass is 79.9. The lowest BCUT2D eigenvalue weighted by atomic mass is 9.90. The molecule has 110 valence electrons. The number of aliphatic hydroxyl groups is 1. The number of amidine groups is 1. The van der Waals surface area contributed by atoms with Crippen molar-refractivity contribution in [2.45, 2.75) is 31.7 Å². The zero-order valence-electron chi connectivity index (χ0n) is 11.3. The van der Waals surface area contributed by atoms with Crippen LogP contribution in [-0.4, -0.2) is 35.3 Å². The van der Waals surface area contributed by atoms with Gasteiger partial charge in [0, 0.05) is 34.9 Å². The third-order valence-corrected chi connectivity index (χ3v) is 4.22. The Labute approximate surface area is 127 Å². The molecule has 0 aliphatic heterocycles. The molecule has 20 heavy (non-hydrogen) atoms. The number of rotatable bonds is 6. The van der Waals surface area contributed by atoms with Gasteiger partial charge in [-0.3, -0.25) is 0 Å². The lowest BCUT2D eigenvalue weighted by Gasteiger charge is -2.40. The number of hydrogen-bond donors (Lipinski definition) is 3. The Morgan fingerprint density at radius 3 is 2.75 bits per heavy atom. The molecule has 1 aromatic rings. The fourth-order valence-corrected chi connectivity index (χ4v) is 2.80. The Hall–Kier alpha value is -1.27. The maximum Gasteiger partial charge on any atom is 0.172 e. The Bertz CT molecular complexity index is 489. The summed E-state index contributed by atoms with van der Waals surface area (Å²) in [4.78, 5) is 2.26. The number of anilines is 1. The molecule has 0 amide bonds. The number of oxime groups is 1. The van der Waals surface area contributed by atoms with Crippen molar-refractivity contribution >= 4 is 27.5 Å². The van der Waals surface area contributed by atoms with Gasteiger partial charge in [0.1, 0.15) is 0 Å². The fourth-order valence-electron chi connectivity index (χ4n) is 2.45. The van der Waals surface area contributed by atoms with Crippen LogP contribution in [0, 0.1) is 0 Å². The van der Waals surface area contributed by atoms with Gasteiger partial charge in [-0.05, 0) is 43.9 Å². The summed E-state index contributed by atoms with van der Waals surface area (Å²) in [6.07, 6.45) is 4.23. The molecule has 0 atom stereocenters. The Morgan fingerprint density at radius 2 is 2.20 bits per heavy atom. The largest absolute Gasteiger partial charge is 0.409 e. The predicted molar refractivity (Wildman–Crippen MR) is 83.3 cm³/mol. The molecule has 5 nitrogen and oxygen atoms in total. The third-order valence-electron chi connectivity index (χ3n) is 3.73. The van der Waals surface area contributed by atoms with Gasteiger partial charge in [0.15, 0.2) is 5.84 Å². The summed E-state index contributed by atoms with van der Waals surface area (Å²) in [7, 11) is 0. The SMILES string of the molecule is N/C(=N/O)c1ccc(Br)cc1N(CCCO)C1CCC1. The van der Waals surface area contributed by atoms with Crippen molar-refractivity contribution in [3.05, 3.63) is 28.2 Å². The van der Waals surface area contributed by atoms with E-state index in [1.807, 2.05) is 18.2 Å². The minimum absolute atomic E-state index is 0.112. The number of nitrogens with two attached hydrogens (primary N) is 1. The third kappa shape index (κ3) is 3.24. The second kappa shape index (κ2) is 6.95. The van der Waals surface area contributed by atoms with Crippen LogP contribution < -0.4 is 10.6 Å². The fraction of sp³-hybridized carbons (Fsp3) is 0.500. The highest BCUT2D eigenvalue weighted by Crippen LogP contribution is 2.33. The number of hydrogen-bond acceptors (Lipinski definition) is 4. The summed E-state index contributed by atoms with van der Waals surface area (Å²) >= 11 is 3.47. The quantitative estimate of drug-likeness (QED) is 0.321. The van der Waals surface area contributed by atoms with Crippen LogP contribution >= 0.6 is 15.9 Å². The monoisotopic (exact) mass is 341 g/mol. The van der Waals surface area contributed by atoms with E-state index in [0.29, 0.717) is 12.5 Å². The predicted octanol–water partition coefficient (Wildman–Crippen LogP) is 2.28.